The van der Waals surface area contributed by atoms with Gasteiger partial charge in [-0.05, 0) is 0 Å². The molecular weight excluding hydrogens is 254 g/mol. The third kappa shape index (κ3) is 2.22. The van der Waals surface area contributed by atoms with Crippen LogP contribution in [0.1, 0.15) is 0 Å². The van der Waals surface area contributed by atoms with Crippen LogP contribution in [0.3, 0.4) is 0 Å². The van der Waals surface area contributed by atoms with Crippen molar-refractivity contribution in [1.29, 1.82) is 0 Å². The van der Waals surface area contributed by atoms with Crippen molar-refractivity contribution in [2.75, 3.05) is 5.73 Å². The number of hydrogen-bond donors (Lipinski definition) is 1. The molecule has 1 heterocycles. The first-order chi connectivity index (χ1) is 8.49. The number of halogens is 4. The van der Waals surface area contributed by atoms with E-state index in [1.165, 1.54) is 12.3 Å². The Kier molecular flexibility index (Phi) is 3.09. The van der Waals surface area contributed by atoms with Crippen LogP contribution in [0.15, 0.2) is 18.3 Å². The Hall–Kier alpha value is -2.25. The van der Waals surface area contributed by atoms with Crippen LogP contribution in [0.4, 0.5) is 23.4 Å². The summed E-state index contributed by atoms with van der Waals surface area (Å²) in [5.74, 6) is -7.25. The monoisotopic (exact) mass is 261 g/mol. The number of nitrogens with zero attached hydrogens (tertiary/aromatic N) is 2. The number of benzene rings is 1. The molecule has 0 spiro atoms. The average Bonchev–Trinajstić information content (AvgIpc) is 2.73. The standard InChI is InChI=1S/C10H7F4N3O/c11-5-3-6(12)9(14)10(8(5)13)18-4-17-2-1-7(15)16-17/h1-3H,4H2,(H2,15,16). The van der Waals surface area contributed by atoms with Crippen LogP contribution in [-0.2, 0) is 6.73 Å². The third-order valence-corrected chi connectivity index (χ3v) is 2.07. The van der Waals surface area contributed by atoms with Gasteiger partial charge in [-0.3, -0.25) is 0 Å². The molecule has 96 valence electrons. The SMILES string of the molecule is Nc1ccn(COc2c(F)c(F)cc(F)c2F)n1. The van der Waals surface area contributed by atoms with Gasteiger partial charge in [-0.1, -0.05) is 0 Å². The van der Waals surface area contributed by atoms with Crippen molar-refractivity contribution in [3.8, 4) is 5.75 Å². The first-order valence-electron chi connectivity index (χ1n) is 4.73. The summed E-state index contributed by atoms with van der Waals surface area (Å²) >= 11 is 0. The lowest BCUT2D eigenvalue weighted by Crippen LogP contribution is -2.09. The number of anilines is 1. The number of nitrogen functional groups attached to an aromatic ring is 1. The van der Waals surface area contributed by atoms with Crippen molar-refractivity contribution in [1.82, 2.24) is 9.78 Å². The van der Waals surface area contributed by atoms with Gasteiger partial charge in [0.25, 0.3) is 0 Å². The van der Waals surface area contributed by atoms with Crippen LogP contribution in [0.2, 0.25) is 0 Å². The predicted octanol–water partition coefficient (Wildman–Crippen LogP) is 2.06. The second kappa shape index (κ2) is 4.55. The fourth-order valence-electron chi connectivity index (χ4n) is 1.26. The molecule has 0 radical (unpaired) electrons. The Morgan fingerprint density at radius 2 is 1.78 bits per heavy atom. The van der Waals surface area contributed by atoms with Gasteiger partial charge in [0.2, 0.25) is 11.6 Å². The Bertz CT molecular complexity index is 558. The molecule has 2 N–H and O–H groups in total. The summed E-state index contributed by atoms with van der Waals surface area (Å²) in [4.78, 5) is 0. The third-order valence-electron chi connectivity index (χ3n) is 2.07. The molecule has 0 fully saturated rings. The number of rotatable bonds is 3. The molecule has 0 saturated heterocycles. The Morgan fingerprint density at radius 1 is 1.17 bits per heavy atom. The quantitative estimate of drug-likeness (QED) is 0.679. The second-order valence-corrected chi connectivity index (χ2v) is 3.35. The van der Waals surface area contributed by atoms with Crippen LogP contribution in [0.25, 0.3) is 0 Å². The van der Waals surface area contributed by atoms with E-state index in [-0.39, 0.29) is 11.9 Å². The molecule has 0 saturated carbocycles. The molecule has 1 aromatic carbocycles. The molecule has 18 heavy (non-hydrogen) atoms. The lowest BCUT2D eigenvalue weighted by molar-refractivity contribution is 0.196. The molecule has 0 unspecified atom stereocenters. The first-order valence-corrected chi connectivity index (χ1v) is 4.73. The molecule has 0 aliphatic carbocycles. The largest absolute Gasteiger partial charge is 0.465 e. The van der Waals surface area contributed by atoms with Crippen LogP contribution in [0, 0.1) is 23.3 Å². The van der Waals surface area contributed by atoms with Gasteiger partial charge in [-0.15, -0.1) is 0 Å². The van der Waals surface area contributed by atoms with Crippen molar-refractivity contribution in [2.24, 2.45) is 0 Å². The van der Waals surface area contributed by atoms with E-state index in [0.29, 0.717) is 0 Å². The normalized spacial score (nSPS) is 10.7. The molecule has 0 aliphatic rings. The summed E-state index contributed by atoms with van der Waals surface area (Å²) in [7, 11) is 0. The van der Waals surface area contributed by atoms with Gasteiger partial charge in [-0.25, -0.2) is 13.5 Å². The maximum atomic E-state index is 13.2. The highest BCUT2D eigenvalue weighted by Gasteiger charge is 2.20. The summed E-state index contributed by atoms with van der Waals surface area (Å²) in [5.41, 5.74) is 5.30. The molecule has 4 nitrogen and oxygen atoms in total. The molecular formula is C10H7F4N3O. The zero-order valence-corrected chi connectivity index (χ0v) is 8.83. The zero-order chi connectivity index (χ0) is 13.3. The van der Waals surface area contributed by atoms with Crippen molar-refractivity contribution < 1.29 is 22.3 Å². The zero-order valence-electron chi connectivity index (χ0n) is 8.83. The van der Waals surface area contributed by atoms with E-state index in [0.717, 1.165) is 4.68 Å². The fraction of sp³-hybridized carbons (Fsp3) is 0.100. The number of aromatic nitrogens is 2. The fourth-order valence-corrected chi connectivity index (χ4v) is 1.26. The van der Waals surface area contributed by atoms with E-state index in [1.54, 1.807) is 0 Å². The van der Waals surface area contributed by atoms with Gasteiger partial charge in [0.05, 0.1) is 0 Å². The summed E-state index contributed by atoms with van der Waals surface area (Å²) < 4.78 is 57.8. The maximum Gasteiger partial charge on any atom is 0.204 e. The van der Waals surface area contributed by atoms with Gasteiger partial charge in [0.1, 0.15) is 5.82 Å². The highest BCUT2D eigenvalue weighted by molar-refractivity contribution is 5.28. The lowest BCUT2D eigenvalue weighted by Gasteiger charge is -2.09. The topological polar surface area (TPSA) is 53.1 Å². The van der Waals surface area contributed by atoms with E-state index >= 15 is 0 Å². The molecule has 0 amide bonds. The van der Waals surface area contributed by atoms with Crippen LogP contribution >= 0.6 is 0 Å². The van der Waals surface area contributed by atoms with Crippen molar-refractivity contribution in [3.63, 3.8) is 0 Å². The Balaban J connectivity index is 2.24. The van der Waals surface area contributed by atoms with Crippen molar-refractivity contribution >= 4 is 5.82 Å². The van der Waals surface area contributed by atoms with E-state index < -0.39 is 35.7 Å². The van der Waals surface area contributed by atoms with E-state index in [4.69, 9.17) is 5.73 Å². The van der Waals surface area contributed by atoms with Crippen LogP contribution in [-0.4, -0.2) is 9.78 Å². The second-order valence-electron chi connectivity index (χ2n) is 3.35. The maximum absolute atomic E-state index is 13.2. The number of ether oxygens (including phenoxy) is 1. The molecule has 0 aliphatic heterocycles. The van der Waals surface area contributed by atoms with Crippen LogP contribution < -0.4 is 10.5 Å². The van der Waals surface area contributed by atoms with E-state index in [1.807, 2.05) is 0 Å². The number of nitrogens with two attached hydrogens (primary N) is 1. The lowest BCUT2D eigenvalue weighted by atomic mass is 10.3. The van der Waals surface area contributed by atoms with Crippen molar-refractivity contribution in [3.05, 3.63) is 41.6 Å². The minimum atomic E-state index is -1.60. The van der Waals surface area contributed by atoms with Crippen molar-refractivity contribution in [2.45, 2.75) is 6.73 Å². The minimum absolute atomic E-state index is 0.101. The smallest absolute Gasteiger partial charge is 0.204 e. The molecule has 2 aromatic rings. The molecule has 2 rings (SSSR count). The molecule has 0 bridgehead atoms. The van der Waals surface area contributed by atoms with Gasteiger partial charge in [0.15, 0.2) is 24.1 Å². The molecule has 0 atom stereocenters. The van der Waals surface area contributed by atoms with E-state index in [9.17, 15) is 17.6 Å². The van der Waals surface area contributed by atoms with Gasteiger partial charge >= 0.3 is 0 Å². The van der Waals surface area contributed by atoms with E-state index in [2.05, 4.69) is 9.84 Å². The average molecular weight is 261 g/mol. The molecule has 1 aromatic heterocycles. The van der Waals surface area contributed by atoms with Gasteiger partial charge < -0.3 is 10.5 Å². The van der Waals surface area contributed by atoms with Gasteiger partial charge in [0, 0.05) is 18.3 Å². The highest BCUT2D eigenvalue weighted by atomic mass is 19.2. The Morgan fingerprint density at radius 3 is 2.28 bits per heavy atom. The summed E-state index contributed by atoms with van der Waals surface area (Å²) in [5, 5.41) is 3.67. The van der Waals surface area contributed by atoms with Crippen LogP contribution in [0.5, 0.6) is 5.75 Å². The first kappa shape index (κ1) is 12.2. The summed E-state index contributed by atoms with van der Waals surface area (Å²) in [6, 6.07) is 1.52. The van der Waals surface area contributed by atoms with Gasteiger partial charge in [-0.2, -0.15) is 13.9 Å². The summed E-state index contributed by atoms with van der Waals surface area (Å²) in [6.45, 7) is -0.437. The highest BCUT2D eigenvalue weighted by Crippen LogP contribution is 2.26. The molecule has 8 heteroatoms. The number of hydrogen-bond acceptors (Lipinski definition) is 3. The minimum Gasteiger partial charge on any atom is -0.465 e. The Labute approximate surface area is 98.6 Å². The predicted molar refractivity (Wildman–Crippen MR) is 53.5 cm³/mol. The summed E-state index contributed by atoms with van der Waals surface area (Å²) in [6.07, 6.45) is 1.38.